The summed E-state index contributed by atoms with van der Waals surface area (Å²) in [4.78, 5) is 14.2. The molecule has 2 aromatic carbocycles. The number of anilines is 1. The number of carbonyl (C=O) groups is 1. The molecule has 0 aliphatic rings. The van der Waals surface area contributed by atoms with Crippen molar-refractivity contribution >= 4 is 11.6 Å². The Balaban J connectivity index is 1.83. The predicted octanol–water partition coefficient (Wildman–Crippen LogP) is 3.93. The van der Waals surface area contributed by atoms with Crippen LogP contribution in [0.3, 0.4) is 0 Å². The zero-order valence-corrected chi connectivity index (χ0v) is 15.6. The lowest BCUT2D eigenvalue weighted by atomic mass is 10.0. The van der Waals surface area contributed by atoms with E-state index in [-0.39, 0.29) is 12.5 Å². The van der Waals surface area contributed by atoms with Gasteiger partial charge >= 0.3 is 0 Å². The summed E-state index contributed by atoms with van der Waals surface area (Å²) in [5.74, 6) is 1.000. The Hall–Kier alpha value is -2.33. The molecule has 2 rings (SSSR count). The summed E-state index contributed by atoms with van der Waals surface area (Å²) < 4.78 is 5.60. The molecule has 2 aromatic rings. The van der Waals surface area contributed by atoms with E-state index in [0.717, 1.165) is 24.4 Å². The molecule has 0 bridgehead atoms. The zero-order valence-electron chi connectivity index (χ0n) is 15.6. The van der Waals surface area contributed by atoms with Crippen molar-refractivity contribution in [1.82, 2.24) is 4.90 Å². The minimum atomic E-state index is -0.156. The Labute approximate surface area is 150 Å². The number of rotatable bonds is 8. The van der Waals surface area contributed by atoms with Crippen LogP contribution >= 0.6 is 0 Å². The topological polar surface area (TPSA) is 41.6 Å². The highest BCUT2D eigenvalue weighted by Gasteiger charge is 2.06. The van der Waals surface area contributed by atoms with Gasteiger partial charge in [0.05, 0.1) is 0 Å². The van der Waals surface area contributed by atoms with Crippen LogP contribution in [0.25, 0.3) is 0 Å². The van der Waals surface area contributed by atoms with Crippen LogP contribution < -0.4 is 10.1 Å². The first-order valence-electron chi connectivity index (χ1n) is 8.70. The largest absolute Gasteiger partial charge is 0.484 e. The van der Waals surface area contributed by atoms with E-state index < -0.39 is 0 Å². The Morgan fingerprint density at radius 1 is 1.12 bits per heavy atom. The normalized spacial score (nSPS) is 11.0. The molecule has 1 amide bonds. The van der Waals surface area contributed by atoms with E-state index in [1.165, 1.54) is 11.1 Å². The van der Waals surface area contributed by atoms with E-state index in [1.807, 2.05) is 42.5 Å². The lowest BCUT2D eigenvalue weighted by Gasteiger charge is -2.11. The van der Waals surface area contributed by atoms with Gasteiger partial charge in [-0.05, 0) is 61.8 Å². The number of likely N-dealkylation sites (N-methyl/N-ethyl adjacent to an activating group) is 1. The number of ether oxygens (including phenoxy) is 1. The van der Waals surface area contributed by atoms with Crippen LogP contribution in [0.15, 0.2) is 48.5 Å². The molecule has 4 heteroatoms. The van der Waals surface area contributed by atoms with Gasteiger partial charge in [0.1, 0.15) is 5.75 Å². The molecule has 25 heavy (non-hydrogen) atoms. The maximum atomic E-state index is 12.1. The highest BCUT2D eigenvalue weighted by molar-refractivity contribution is 5.91. The molecule has 0 aliphatic heterocycles. The molecule has 0 spiro atoms. The Morgan fingerprint density at radius 3 is 2.48 bits per heavy atom. The molecule has 0 saturated heterocycles. The number of nitrogens with zero attached hydrogens (tertiary/aromatic N) is 1. The summed E-state index contributed by atoms with van der Waals surface area (Å²) in [7, 11) is 4.12. The third kappa shape index (κ3) is 6.59. The zero-order chi connectivity index (χ0) is 18.2. The molecule has 0 saturated carbocycles. The first kappa shape index (κ1) is 19.0. The number of carbonyl (C=O) groups excluding carboxylic acids is 1. The van der Waals surface area contributed by atoms with Crippen molar-refractivity contribution in [3.63, 3.8) is 0 Å². The fraction of sp³-hybridized carbons (Fsp3) is 0.381. The average molecular weight is 340 g/mol. The van der Waals surface area contributed by atoms with Gasteiger partial charge in [0.25, 0.3) is 5.91 Å². The van der Waals surface area contributed by atoms with Crippen LogP contribution in [0.4, 0.5) is 5.69 Å². The predicted molar refractivity (Wildman–Crippen MR) is 103 cm³/mol. The second-order valence-electron chi connectivity index (χ2n) is 6.81. The van der Waals surface area contributed by atoms with Crippen molar-refractivity contribution in [2.45, 2.75) is 26.2 Å². The molecule has 0 fully saturated rings. The van der Waals surface area contributed by atoms with Crippen LogP contribution in [-0.4, -0.2) is 38.1 Å². The lowest BCUT2D eigenvalue weighted by molar-refractivity contribution is -0.118. The molecule has 0 heterocycles. The van der Waals surface area contributed by atoms with Crippen molar-refractivity contribution in [2.75, 3.05) is 32.6 Å². The lowest BCUT2D eigenvalue weighted by Crippen LogP contribution is -2.20. The minimum Gasteiger partial charge on any atom is -0.484 e. The summed E-state index contributed by atoms with van der Waals surface area (Å²) in [6.45, 7) is 5.28. The highest BCUT2D eigenvalue weighted by Crippen LogP contribution is 2.20. The first-order valence-corrected chi connectivity index (χ1v) is 8.70. The first-order chi connectivity index (χ1) is 11.9. The number of hydrogen-bond acceptors (Lipinski definition) is 3. The molecule has 0 aliphatic carbocycles. The van der Waals surface area contributed by atoms with Crippen molar-refractivity contribution in [3.05, 3.63) is 59.7 Å². The van der Waals surface area contributed by atoms with Crippen LogP contribution in [0.1, 0.15) is 30.9 Å². The van der Waals surface area contributed by atoms with E-state index in [9.17, 15) is 4.79 Å². The number of benzene rings is 2. The summed E-state index contributed by atoms with van der Waals surface area (Å²) in [6.07, 6.45) is 0.997. The maximum absolute atomic E-state index is 12.1. The molecular weight excluding hydrogens is 312 g/mol. The van der Waals surface area contributed by atoms with E-state index in [2.05, 4.69) is 44.2 Å². The third-order valence-corrected chi connectivity index (χ3v) is 3.98. The number of hydrogen-bond donors (Lipinski definition) is 1. The van der Waals surface area contributed by atoms with Crippen molar-refractivity contribution in [2.24, 2.45) is 0 Å². The van der Waals surface area contributed by atoms with Gasteiger partial charge in [-0.15, -0.1) is 0 Å². The van der Waals surface area contributed by atoms with Gasteiger partial charge in [0, 0.05) is 12.2 Å². The highest BCUT2D eigenvalue weighted by atomic mass is 16.5. The summed E-state index contributed by atoms with van der Waals surface area (Å²) in [6, 6.07) is 15.8. The van der Waals surface area contributed by atoms with Crippen molar-refractivity contribution in [1.29, 1.82) is 0 Å². The number of nitrogens with one attached hydrogen (secondary N) is 1. The van der Waals surface area contributed by atoms with Crippen LogP contribution in [0.2, 0.25) is 0 Å². The van der Waals surface area contributed by atoms with Gasteiger partial charge in [-0.2, -0.15) is 0 Å². The minimum absolute atomic E-state index is 0.00390. The molecule has 134 valence electrons. The summed E-state index contributed by atoms with van der Waals surface area (Å²) in [5, 5.41) is 2.87. The molecule has 4 nitrogen and oxygen atoms in total. The monoisotopic (exact) mass is 340 g/mol. The molecule has 0 unspecified atom stereocenters. The van der Waals surface area contributed by atoms with Gasteiger partial charge in [-0.3, -0.25) is 4.79 Å². The van der Waals surface area contributed by atoms with Crippen LogP contribution in [0, 0.1) is 0 Å². The fourth-order valence-electron chi connectivity index (χ4n) is 2.42. The van der Waals surface area contributed by atoms with E-state index in [1.54, 1.807) is 0 Å². The summed E-state index contributed by atoms with van der Waals surface area (Å²) >= 11 is 0. The average Bonchev–Trinajstić information content (AvgIpc) is 2.59. The molecule has 0 radical (unpaired) electrons. The molecule has 0 aromatic heterocycles. The van der Waals surface area contributed by atoms with Gasteiger partial charge in [-0.25, -0.2) is 0 Å². The van der Waals surface area contributed by atoms with E-state index in [4.69, 9.17) is 4.74 Å². The quantitative estimate of drug-likeness (QED) is 0.791. The van der Waals surface area contributed by atoms with E-state index >= 15 is 0 Å². The second kappa shape index (κ2) is 9.23. The van der Waals surface area contributed by atoms with Crippen molar-refractivity contribution < 1.29 is 9.53 Å². The van der Waals surface area contributed by atoms with Crippen LogP contribution in [0.5, 0.6) is 5.75 Å². The summed E-state index contributed by atoms with van der Waals surface area (Å²) in [5.41, 5.74) is 3.25. The smallest absolute Gasteiger partial charge is 0.262 e. The van der Waals surface area contributed by atoms with Crippen LogP contribution in [-0.2, 0) is 11.2 Å². The Kier molecular flexibility index (Phi) is 7.02. The number of amides is 1. The Bertz CT molecular complexity index is 679. The Morgan fingerprint density at radius 2 is 1.84 bits per heavy atom. The SMILES string of the molecule is CC(C)c1cccc(OCC(=O)Nc2ccc(CCN(C)C)cc2)c1. The fourth-order valence-corrected chi connectivity index (χ4v) is 2.42. The van der Waals surface area contributed by atoms with Crippen molar-refractivity contribution in [3.8, 4) is 5.75 Å². The third-order valence-electron chi connectivity index (χ3n) is 3.98. The second-order valence-corrected chi connectivity index (χ2v) is 6.81. The maximum Gasteiger partial charge on any atom is 0.262 e. The van der Waals surface area contributed by atoms with Gasteiger partial charge < -0.3 is 15.0 Å². The molecule has 0 atom stereocenters. The molecule has 1 N–H and O–H groups in total. The van der Waals surface area contributed by atoms with Gasteiger partial charge in [-0.1, -0.05) is 38.1 Å². The van der Waals surface area contributed by atoms with Gasteiger partial charge in [0.15, 0.2) is 6.61 Å². The van der Waals surface area contributed by atoms with E-state index in [0.29, 0.717) is 5.92 Å². The molecular formula is C21H28N2O2. The van der Waals surface area contributed by atoms with Gasteiger partial charge in [0.2, 0.25) is 0 Å². The standard InChI is InChI=1S/C21H28N2O2/c1-16(2)18-6-5-7-20(14-18)25-15-21(24)22-19-10-8-17(9-11-19)12-13-23(3)4/h5-11,14,16H,12-13,15H2,1-4H3,(H,22,24).